The fraction of sp³-hybridized carbons (Fsp3) is 0.545. The number of rotatable bonds is 6. The Morgan fingerprint density at radius 2 is 2.31 bits per heavy atom. The van der Waals surface area contributed by atoms with Gasteiger partial charge in [0.1, 0.15) is 6.10 Å². The van der Waals surface area contributed by atoms with E-state index in [4.69, 9.17) is 18.9 Å². The molecule has 0 aliphatic carbocycles. The van der Waals surface area contributed by atoms with Crippen molar-refractivity contribution in [3.63, 3.8) is 0 Å². The first-order valence-electron chi connectivity index (χ1n) is 4.99. The van der Waals surface area contributed by atoms with Crippen LogP contribution >= 0.6 is 0 Å². The second kappa shape index (κ2) is 7.16. The molecule has 0 N–H and O–H groups in total. The van der Waals surface area contributed by atoms with Gasteiger partial charge in [0.15, 0.2) is 6.79 Å². The summed E-state index contributed by atoms with van der Waals surface area (Å²) in [5, 5.41) is 0. The Kier molecular flexibility index (Phi) is 5.77. The van der Waals surface area contributed by atoms with Crippen LogP contribution in [0.4, 0.5) is 0 Å². The monoisotopic (exact) mass is 228 g/mol. The van der Waals surface area contributed by atoms with Gasteiger partial charge < -0.3 is 18.9 Å². The summed E-state index contributed by atoms with van der Waals surface area (Å²) in [5.74, 6) is -0.528. The first kappa shape index (κ1) is 12.9. The maximum Gasteiger partial charge on any atom is 0.338 e. The van der Waals surface area contributed by atoms with Crippen LogP contribution in [0.25, 0.3) is 0 Å². The summed E-state index contributed by atoms with van der Waals surface area (Å²) in [7, 11) is 0. The molecule has 1 atom stereocenters. The van der Waals surface area contributed by atoms with Crippen LogP contribution in [0, 0.1) is 0 Å². The normalized spacial score (nSPS) is 20.1. The molecular weight excluding hydrogens is 212 g/mol. The van der Waals surface area contributed by atoms with Gasteiger partial charge >= 0.3 is 5.97 Å². The Hall–Kier alpha value is -1.17. The zero-order valence-corrected chi connectivity index (χ0v) is 9.15. The summed E-state index contributed by atoms with van der Waals surface area (Å²) in [6, 6.07) is 0. The van der Waals surface area contributed by atoms with Gasteiger partial charge in [-0.1, -0.05) is 12.7 Å². The van der Waals surface area contributed by atoms with Crippen LogP contribution in [0.2, 0.25) is 0 Å². The first-order chi connectivity index (χ1) is 7.75. The van der Waals surface area contributed by atoms with E-state index in [2.05, 4.69) is 13.2 Å². The SMILES string of the molecule is C=CCOCOC(=O)C(=C)C1COCCO1. The molecule has 1 aliphatic rings. The molecule has 0 amide bonds. The fourth-order valence-corrected chi connectivity index (χ4v) is 1.14. The lowest BCUT2D eigenvalue weighted by Gasteiger charge is -2.23. The van der Waals surface area contributed by atoms with Crippen molar-refractivity contribution >= 4 is 5.97 Å². The third-order valence-electron chi connectivity index (χ3n) is 1.98. The topological polar surface area (TPSA) is 54.0 Å². The lowest BCUT2D eigenvalue weighted by Crippen LogP contribution is -2.33. The van der Waals surface area contributed by atoms with Gasteiger partial charge in [-0.15, -0.1) is 6.58 Å². The van der Waals surface area contributed by atoms with E-state index in [1.54, 1.807) is 6.08 Å². The minimum Gasteiger partial charge on any atom is -0.435 e. The van der Waals surface area contributed by atoms with Crippen LogP contribution in [0.1, 0.15) is 0 Å². The number of carbonyl (C=O) groups is 1. The minimum atomic E-state index is -0.528. The van der Waals surface area contributed by atoms with Crippen LogP contribution in [0.5, 0.6) is 0 Å². The van der Waals surface area contributed by atoms with Crippen molar-refractivity contribution in [1.82, 2.24) is 0 Å². The highest BCUT2D eigenvalue weighted by Crippen LogP contribution is 2.11. The van der Waals surface area contributed by atoms with E-state index < -0.39 is 12.1 Å². The predicted octanol–water partition coefficient (Wildman–Crippen LogP) is 0.661. The summed E-state index contributed by atoms with van der Waals surface area (Å²) in [6.45, 7) is 8.65. The minimum absolute atomic E-state index is 0.114. The van der Waals surface area contributed by atoms with Crippen molar-refractivity contribution in [3.05, 3.63) is 24.8 Å². The van der Waals surface area contributed by atoms with E-state index in [-0.39, 0.29) is 12.4 Å². The summed E-state index contributed by atoms with van der Waals surface area (Å²) in [5.41, 5.74) is 0.252. The average Bonchev–Trinajstić information content (AvgIpc) is 2.34. The standard InChI is InChI=1S/C11H16O5/c1-3-4-14-8-16-11(12)9(2)10-7-13-5-6-15-10/h3,10H,1-2,4-8H2. The van der Waals surface area contributed by atoms with Gasteiger partial charge in [-0.3, -0.25) is 0 Å². The molecule has 0 saturated carbocycles. The zero-order chi connectivity index (χ0) is 11.8. The van der Waals surface area contributed by atoms with Gasteiger partial charge in [-0.2, -0.15) is 0 Å². The Balaban J connectivity index is 2.23. The molecule has 16 heavy (non-hydrogen) atoms. The number of esters is 1. The van der Waals surface area contributed by atoms with Gasteiger partial charge in [0, 0.05) is 0 Å². The molecule has 0 spiro atoms. The molecule has 1 heterocycles. The van der Waals surface area contributed by atoms with E-state index in [1.807, 2.05) is 0 Å². The van der Waals surface area contributed by atoms with Gasteiger partial charge in [0.05, 0.1) is 32.0 Å². The van der Waals surface area contributed by atoms with Crippen molar-refractivity contribution in [1.29, 1.82) is 0 Å². The number of ether oxygens (including phenoxy) is 4. The van der Waals surface area contributed by atoms with Crippen LogP contribution in [-0.2, 0) is 23.7 Å². The van der Waals surface area contributed by atoms with Gasteiger partial charge in [0.25, 0.3) is 0 Å². The largest absolute Gasteiger partial charge is 0.435 e. The third kappa shape index (κ3) is 4.14. The number of hydrogen-bond donors (Lipinski definition) is 0. The highest BCUT2D eigenvalue weighted by Gasteiger charge is 2.23. The molecule has 1 saturated heterocycles. The Labute approximate surface area is 94.6 Å². The second-order valence-electron chi connectivity index (χ2n) is 3.17. The van der Waals surface area contributed by atoms with E-state index >= 15 is 0 Å². The van der Waals surface area contributed by atoms with E-state index in [0.717, 1.165) is 0 Å². The van der Waals surface area contributed by atoms with E-state index in [9.17, 15) is 4.79 Å². The molecule has 0 aromatic carbocycles. The van der Waals surface area contributed by atoms with Crippen molar-refractivity contribution in [3.8, 4) is 0 Å². The quantitative estimate of drug-likeness (QED) is 0.220. The molecule has 0 aromatic heterocycles. The van der Waals surface area contributed by atoms with E-state index in [0.29, 0.717) is 26.4 Å². The van der Waals surface area contributed by atoms with Crippen molar-refractivity contribution < 1.29 is 23.7 Å². The van der Waals surface area contributed by atoms with Crippen LogP contribution < -0.4 is 0 Å². The molecule has 0 bridgehead atoms. The molecule has 5 heteroatoms. The second-order valence-corrected chi connectivity index (χ2v) is 3.17. The van der Waals surface area contributed by atoms with Gasteiger partial charge in [0.2, 0.25) is 0 Å². The van der Waals surface area contributed by atoms with Crippen LogP contribution in [-0.4, -0.2) is 45.3 Å². The van der Waals surface area contributed by atoms with Crippen molar-refractivity contribution in [2.24, 2.45) is 0 Å². The molecule has 0 aromatic rings. The Morgan fingerprint density at radius 1 is 1.50 bits per heavy atom. The molecule has 1 aliphatic heterocycles. The molecular formula is C11H16O5. The maximum atomic E-state index is 11.4. The number of carbonyl (C=O) groups excluding carboxylic acids is 1. The Bertz CT molecular complexity index is 255. The lowest BCUT2D eigenvalue weighted by molar-refractivity contribution is -0.154. The molecule has 1 fully saturated rings. The first-order valence-corrected chi connectivity index (χ1v) is 4.99. The summed E-state index contributed by atoms with van der Waals surface area (Å²) >= 11 is 0. The predicted molar refractivity (Wildman–Crippen MR) is 56.8 cm³/mol. The van der Waals surface area contributed by atoms with E-state index in [1.165, 1.54) is 0 Å². The van der Waals surface area contributed by atoms with Crippen LogP contribution in [0.15, 0.2) is 24.8 Å². The lowest BCUT2D eigenvalue weighted by atomic mass is 10.2. The third-order valence-corrected chi connectivity index (χ3v) is 1.98. The summed E-state index contributed by atoms with van der Waals surface area (Å²) < 4.78 is 20.2. The van der Waals surface area contributed by atoms with Crippen molar-refractivity contribution in [2.75, 3.05) is 33.2 Å². The molecule has 1 rings (SSSR count). The molecule has 1 unspecified atom stereocenters. The Morgan fingerprint density at radius 3 is 2.94 bits per heavy atom. The maximum absolute atomic E-state index is 11.4. The molecule has 5 nitrogen and oxygen atoms in total. The van der Waals surface area contributed by atoms with Crippen LogP contribution in [0.3, 0.4) is 0 Å². The fourth-order valence-electron chi connectivity index (χ4n) is 1.14. The highest BCUT2D eigenvalue weighted by molar-refractivity contribution is 5.88. The molecule has 0 radical (unpaired) electrons. The zero-order valence-electron chi connectivity index (χ0n) is 9.15. The average molecular weight is 228 g/mol. The summed E-state index contributed by atoms with van der Waals surface area (Å²) in [6.07, 6.45) is 1.15. The van der Waals surface area contributed by atoms with Gasteiger partial charge in [-0.25, -0.2) is 4.79 Å². The van der Waals surface area contributed by atoms with Gasteiger partial charge in [-0.05, 0) is 0 Å². The smallest absolute Gasteiger partial charge is 0.338 e. The summed E-state index contributed by atoms with van der Waals surface area (Å²) in [4.78, 5) is 11.4. The highest BCUT2D eigenvalue weighted by atomic mass is 16.7. The molecule has 90 valence electrons. The number of hydrogen-bond acceptors (Lipinski definition) is 5. The van der Waals surface area contributed by atoms with Crippen molar-refractivity contribution in [2.45, 2.75) is 6.10 Å².